The van der Waals surface area contributed by atoms with E-state index in [1.807, 2.05) is 32.0 Å². The van der Waals surface area contributed by atoms with Gasteiger partial charge in [-0.05, 0) is 57.2 Å². The fourth-order valence-corrected chi connectivity index (χ4v) is 4.96. The van der Waals surface area contributed by atoms with Crippen LogP contribution in [0.5, 0.6) is 0 Å². The summed E-state index contributed by atoms with van der Waals surface area (Å²) in [5, 5.41) is 0. The van der Waals surface area contributed by atoms with Crippen LogP contribution in [-0.2, 0) is 14.8 Å². The van der Waals surface area contributed by atoms with Crippen LogP contribution in [0.2, 0.25) is 0 Å². The number of ether oxygens (including phenoxy) is 1. The Morgan fingerprint density at radius 2 is 1.47 bits per heavy atom. The normalized spacial score (nSPS) is 15.1. The van der Waals surface area contributed by atoms with Gasteiger partial charge in [0.2, 0.25) is 10.0 Å². The Hall–Kier alpha value is -2.71. The molecule has 1 aliphatic rings. The van der Waals surface area contributed by atoms with E-state index >= 15 is 0 Å². The van der Waals surface area contributed by atoms with Crippen molar-refractivity contribution in [1.29, 1.82) is 0 Å². The molecule has 0 unspecified atom stereocenters. The van der Waals surface area contributed by atoms with E-state index in [0.29, 0.717) is 24.2 Å². The lowest BCUT2D eigenvalue weighted by molar-refractivity contribution is 0.0526. The lowest BCUT2D eigenvalue weighted by atomic mass is 10.1. The minimum absolute atomic E-state index is 0.0855. The molecule has 1 saturated heterocycles. The number of piperazine rings is 1. The number of aryl methyl sites for hydroxylation is 2. The molecule has 2 aromatic carbocycles. The number of sulfonamides is 1. The molecule has 160 valence electrons. The average Bonchev–Trinajstić information content (AvgIpc) is 2.73. The molecule has 0 N–H and O–H groups in total. The van der Waals surface area contributed by atoms with E-state index in [0.717, 1.165) is 11.1 Å². The van der Waals surface area contributed by atoms with Crippen molar-refractivity contribution in [2.75, 3.05) is 32.8 Å². The number of rotatable bonds is 5. The Bertz CT molecular complexity index is 1020. The van der Waals surface area contributed by atoms with Crippen LogP contribution < -0.4 is 0 Å². The quantitative estimate of drug-likeness (QED) is 0.681. The van der Waals surface area contributed by atoms with Crippen molar-refractivity contribution in [3.63, 3.8) is 0 Å². The van der Waals surface area contributed by atoms with Crippen LogP contribution in [0.15, 0.2) is 47.4 Å². The first-order chi connectivity index (χ1) is 14.2. The zero-order valence-electron chi connectivity index (χ0n) is 17.4. The third kappa shape index (κ3) is 4.71. The SMILES string of the molecule is CCOC(=O)c1ccc(S(=O)(=O)N2CCN(C(=O)c3cc(C)cc(C)c3)CC2)cc1. The summed E-state index contributed by atoms with van der Waals surface area (Å²) in [6.45, 7) is 6.95. The van der Waals surface area contributed by atoms with Gasteiger partial charge in [0, 0.05) is 31.7 Å². The number of amides is 1. The van der Waals surface area contributed by atoms with Crippen LogP contribution in [0.25, 0.3) is 0 Å². The monoisotopic (exact) mass is 430 g/mol. The minimum Gasteiger partial charge on any atom is -0.462 e. The van der Waals surface area contributed by atoms with Gasteiger partial charge in [-0.2, -0.15) is 4.31 Å². The summed E-state index contributed by atoms with van der Waals surface area (Å²) in [7, 11) is -3.70. The zero-order valence-corrected chi connectivity index (χ0v) is 18.2. The Morgan fingerprint density at radius 1 is 0.900 bits per heavy atom. The molecule has 7 nitrogen and oxygen atoms in total. The van der Waals surface area contributed by atoms with Crippen LogP contribution in [0, 0.1) is 13.8 Å². The Balaban J connectivity index is 1.67. The van der Waals surface area contributed by atoms with Crippen molar-refractivity contribution in [3.8, 4) is 0 Å². The fourth-order valence-electron chi connectivity index (χ4n) is 3.54. The number of carbonyl (C=O) groups excluding carboxylic acids is 2. The molecule has 0 aliphatic carbocycles. The van der Waals surface area contributed by atoms with Crippen LogP contribution in [0.1, 0.15) is 38.8 Å². The molecule has 0 bridgehead atoms. The number of hydrogen-bond acceptors (Lipinski definition) is 5. The first-order valence-corrected chi connectivity index (χ1v) is 11.3. The van der Waals surface area contributed by atoms with E-state index in [4.69, 9.17) is 4.74 Å². The van der Waals surface area contributed by atoms with Crippen molar-refractivity contribution >= 4 is 21.9 Å². The molecule has 8 heteroatoms. The van der Waals surface area contributed by atoms with Crippen molar-refractivity contribution in [2.24, 2.45) is 0 Å². The summed E-state index contributed by atoms with van der Waals surface area (Å²) in [5.74, 6) is -0.572. The largest absolute Gasteiger partial charge is 0.462 e. The van der Waals surface area contributed by atoms with Gasteiger partial charge in [0.15, 0.2) is 0 Å². The summed E-state index contributed by atoms with van der Waals surface area (Å²) in [5.41, 5.74) is 2.97. The maximum atomic E-state index is 12.9. The van der Waals surface area contributed by atoms with Gasteiger partial charge < -0.3 is 9.64 Å². The van der Waals surface area contributed by atoms with E-state index < -0.39 is 16.0 Å². The fraction of sp³-hybridized carbons (Fsp3) is 0.364. The third-order valence-corrected chi connectivity index (χ3v) is 6.91. The van der Waals surface area contributed by atoms with Gasteiger partial charge in [-0.1, -0.05) is 17.2 Å². The first-order valence-electron chi connectivity index (χ1n) is 9.87. The summed E-state index contributed by atoms with van der Waals surface area (Å²) in [6.07, 6.45) is 0. The predicted molar refractivity (Wildman–Crippen MR) is 113 cm³/mol. The van der Waals surface area contributed by atoms with E-state index in [-0.39, 0.29) is 30.5 Å². The highest BCUT2D eigenvalue weighted by Gasteiger charge is 2.30. The lowest BCUT2D eigenvalue weighted by Gasteiger charge is -2.34. The summed E-state index contributed by atoms with van der Waals surface area (Å²) in [4.78, 5) is 26.3. The first kappa shape index (κ1) is 22.0. The van der Waals surface area contributed by atoms with E-state index in [9.17, 15) is 18.0 Å². The van der Waals surface area contributed by atoms with E-state index in [1.165, 1.54) is 28.6 Å². The molecule has 0 aromatic heterocycles. The second-order valence-electron chi connectivity index (χ2n) is 7.32. The number of esters is 1. The lowest BCUT2D eigenvalue weighted by Crippen LogP contribution is -2.50. The van der Waals surface area contributed by atoms with Gasteiger partial charge in [-0.15, -0.1) is 0 Å². The maximum absolute atomic E-state index is 12.9. The highest BCUT2D eigenvalue weighted by Crippen LogP contribution is 2.20. The molecule has 1 aliphatic heterocycles. The van der Waals surface area contributed by atoms with E-state index in [2.05, 4.69) is 0 Å². The molecule has 1 fully saturated rings. The molecule has 0 atom stereocenters. The summed E-state index contributed by atoms with van der Waals surface area (Å²) >= 11 is 0. The molecule has 30 heavy (non-hydrogen) atoms. The highest BCUT2D eigenvalue weighted by molar-refractivity contribution is 7.89. The Kier molecular flexibility index (Phi) is 6.58. The second kappa shape index (κ2) is 8.97. The number of benzene rings is 2. The standard InChI is InChI=1S/C22H26N2O5S/c1-4-29-22(26)18-5-7-20(8-6-18)30(27,28)24-11-9-23(10-12-24)21(25)19-14-16(2)13-17(3)15-19/h5-8,13-15H,4,9-12H2,1-3H3. The van der Waals surface area contributed by atoms with Crippen LogP contribution in [0.3, 0.4) is 0 Å². The Morgan fingerprint density at radius 3 is 2.00 bits per heavy atom. The summed E-state index contributed by atoms with van der Waals surface area (Å²) < 4.78 is 32.2. The molecular weight excluding hydrogens is 404 g/mol. The highest BCUT2D eigenvalue weighted by atomic mass is 32.2. The molecular formula is C22H26N2O5S. The van der Waals surface area contributed by atoms with Gasteiger partial charge in [0.05, 0.1) is 17.1 Å². The number of hydrogen-bond donors (Lipinski definition) is 0. The topological polar surface area (TPSA) is 84.0 Å². The van der Waals surface area contributed by atoms with Crippen molar-refractivity contribution in [1.82, 2.24) is 9.21 Å². The minimum atomic E-state index is -3.70. The molecule has 3 rings (SSSR count). The maximum Gasteiger partial charge on any atom is 0.338 e. The van der Waals surface area contributed by atoms with Gasteiger partial charge in [0.25, 0.3) is 5.91 Å². The van der Waals surface area contributed by atoms with Crippen LogP contribution >= 0.6 is 0 Å². The molecule has 0 saturated carbocycles. The molecule has 1 heterocycles. The van der Waals surface area contributed by atoms with Crippen LogP contribution in [-0.4, -0.2) is 62.3 Å². The second-order valence-corrected chi connectivity index (χ2v) is 9.26. The van der Waals surface area contributed by atoms with Gasteiger partial charge in [-0.25, -0.2) is 13.2 Å². The van der Waals surface area contributed by atoms with Gasteiger partial charge in [0.1, 0.15) is 0 Å². The molecule has 2 aromatic rings. The zero-order chi connectivity index (χ0) is 21.9. The summed E-state index contributed by atoms with van der Waals surface area (Å²) in [6, 6.07) is 11.4. The van der Waals surface area contributed by atoms with Crippen molar-refractivity contribution in [3.05, 3.63) is 64.7 Å². The Labute approximate surface area is 177 Å². The molecule has 1 amide bonds. The number of nitrogens with zero attached hydrogens (tertiary/aromatic N) is 2. The van der Waals surface area contributed by atoms with Crippen molar-refractivity contribution < 1.29 is 22.7 Å². The smallest absolute Gasteiger partial charge is 0.338 e. The van der Waals surface area contributed by atoms with Gasteiger partial charge in [-0.3, -0.25) is 4.79 Å². The van der Waals surface area contributed by atoms with Gasteiger partial charge >= 0.3 is 5.97 Å². The molecule has 0 radical (unpaired) electrons. The van der Waals surface area contributed by atoms with Crippen LogP contribution in [0.4, 0.5) is 0 Å². The van der Waals surface area contributed by atoms with Crippen molar-refractivity contribution in [2.45, 2.75) is 25.7 Å². The average molecular weight is 431 g/mol. The predicted octanol–water partition coefficient (Wildman–Crippen LogP) is 2.63. The molecule has 0 spiro atoms. The third-order valence-electron chi connectivity index (χ3n) is 5.00. The number of carbonyl (C=O) groups is 2. The van der Waals surface area contributed by atoms with E-state index in [1.54, 1.807) is 11.8 Å².